The summed E-state index contributed by atoms with van der Waals surface area (Å²) in [6.07, 6.45) is 5.54. The third-order valence-corrected chi connectivity index (χ3v) is 4.04. The van der Waals surface area contributed by atoms with Gasteiger partial charge in [-0.05, 0) is 38.8 Å². The molecule has 2 aliphatic rings. The number of carbonyl (C=O) groups is 1. The molecule has 0 aliphatic carbocycles. The second-order valence-corrected chi connectivity index (χ2v) is 5.32. The van der Waals surface area contributed by atoms with Crippen molar-refractivity contribution in [3.8, 4) is 0 Å². The van der Waals surface area contributed by atoms with E-state index in [1.54, 1.807) is 0 Å². The van der Waals surface area contributed by atoms with E-state index in [-0.39, 0.29) is 11.7 Å². The number of Topliss-reactive ketones (excluding diaryl/α,β-unsaturated/α-hetero) is 1. The topological polar surface area (TPSA) is 69.0 Å². The van der Waals surface area contributed by atoms with Gasteiger partial charge >= 0.3 is 0 Å². The fourth-order valence-electron chi connectivity index (χ4n) is 2.81. The molecular formula is C13H20N4O2. The number of nitrogens with one attached hydrogen (secondary N) is 1. The van der Waals surface area contributed by atoms with E-state index in [9.17, 15) is 4.79 Å². The highest BCUT2D eigenvalue weighted by atomic mass is 16.5. The summed E-state index contributed by atoms with van der Waals surface area (Å²) in [5.41, 5.74) is 0.519. The Morgan fingerprint density at radius 1 is 1.26 bits per heavy atom. The molecule has 6 heteroatoms. The third-order valence-electron chi connectivity index (χ3n) is 4.04. The average molecular weight is 264 g/mol. The van der Waals surface area contributed by atoms with Gasteiger partial charge in [0.1, 0.15) is 5.69 Å². The molecule has 19 heavy (non-hydrogen) atoms. The van der Waals surface area contributed by atoms with Crippen molar-refractivity contribution in [1.82, 2.24) is 20.3 Å². The SMILES string of the molecule is O=C(c1cn(C2CCNCC2)nn1)C1CCOCC1. The van der Waals surface area contributed by atoms with Gasteiger partial charge in [0.05, 0.1) is 12.2 Å². The first-order valence-corrected chi connectivity index (χ1v) is 7.09. The minimum Gasteiger partial charge on any atom is -0.381 e. The zero-order valence-corrected chi connectivity index (χ0v) is 11.0. The van der Waals surface area contributed by atoms with Crippen LogP contribution in [-0.4, -0.2) is 47.1 Å². The predicted molar refractivity (Wildman–Crippen MR) is 69.0 cm³/mol. The van der Waals surface area contributed by atoms with E-state index < -0.39 is 0 Å². The van der Waals surface area contributed by atoms with E-state index in [4.69, 9.17) is 4.74 Å². The van der Waals surface area contributed by atoms with Gasteiger partial charge in [0.15, 0.2) is 5.78 Å². The molecule has 0 aromatic carbocycles. The van der Waals surface area contributed by atoms with Gasteiger partial charge in [0.25, 0.3) is 0 Å². The second-order valence-electron chi connectivity index (χ2n) is 5.32. The van der Waals surface area contributed by atoms with Crippen molar-refractivity contribution in [3.05, 3.63) is 11.9 Å². The largest absolute Gasteiger partial charge is 0.381 e. The van der Waals surface area contributed by atoms with Gasteiger partial charge in [-0.15, -0.1) is 5.10 Å². The molecule has 2 saturated heterocycles. The summed E-state index contributed by atoms with van der Waals surface area (Å²) >= 11 is 0. The van der Waals surface area contributed by atoms with E-state index >= 15 is 0 Å². The van der Waals surface area contributed by atoms with Gasteiger partial charge < -0.3 is 10.1 Å². The van der Waals surface area contributed by atoms with Gasteiger partial charge in [-0.3, -0.25) is 4.79 Å². The van der Waals surface area contributed by atoms with Crippen LogP contribution in [0.4, 0.5) is 0 Å². The fourth-order valence-corrected chi connectivity index (χ4v) is 2.81. The van der Waals surface area contributed by atoms with E-state index in [1.807, 2.05) is 10.9 Å². The smallest absolute Gasteiger partial charge is 0.187 e. The lowest BCUT2D eigenvalue weighted by molar-refractivity contribution is 0.0541. The summed E-state index contributed by atoms with van der Waals surface area (Å²) < 4.78 is 7.15. The molecule has 1 aromatic heterocycles. The van der Waals surface area contributed by atoms with Crippen LogP contribution < -0.4 is 5.32 Å². The Hall–Kier alpha value is -1.27. The number of rotatable bonds is 3. The van der Waals surface area contributed by atoms with E-state index in [0.29, 0.717) is 24.9 Å². The lowest BCUT2D eigenvalue weighted by atomic mass is 9.94. The molecule has 1 N–H and O–H groups in total. The van der Waals surface area contributed by atoms with Gasteiger partial charge in [-0.25, -0.2) is 4.68 Å². The third kappa shape index (κ3) is 2.84. The molecule has 2 aliphatic heterocycles. The number of carbonyl (C=O) groups excluding carboxylic acids is 1. The van der Waals surface area contributed by atoms with E-state index in [0.717, 1.165) is 38.8 Å². The Labute approximate surface area is 112 Å². The van der Waals surface area contributed by atoms with Crippen LogP contribution in [0.3, 0.4) is 0 Å². The minimum absolute atomic E-state index is 0.0620. The molecule has 6 nitrogen and oxygen atoms in total. The molecular weight excluding hydrogens is 244 g/mol. The Bertz CT molecular complexity index is 434. The Kier molecular flexibility index (Phi) is 3.89. The normalized spacial score (nSPS) is 22.5. The molecule has 0 atom stereocenters. The summed E-state index contributed by atoms with van der Waals surface area (Å²) in [6, 6.07) is 0.380. The van der Waals surface area contributed by atoms with Crippen molar-refractivity contribution in [2.45, 2.75) is 31.7 Å². The van der Waals surface area contributed by atoms with Gasteiger partial charge in [-0.1, -0.05) is 5.21 Å². The molecule has 0 spiro atoms. The fraction of sp³-hybridized carbons (Fsp3) is 0.769. The molecule has 3 rings (SSSR count). The quantitative estimate of drug-likeness (QED) is 0.818. The first kappa shape index (κ1) is 12.7. The highest BCUT2D eigenvalue weighted by Gasteiger charge is 2.26. The maximum absolute atomic E-state index is 12.3. The van der Waals surface area contributed by atoms with Crippen molar-refractivity contribution in [2.24, 2.45) is 5.92 Å². The highest BCUT2D eigenvalue weighted by molar-refractivity contribution is 5.95. The predicted octanol–water partition coefficient (Wildman–Crippen LogP) is 0.812. The number of aromatic nitrogens is 3. The summed E-state index contributed by atoms with van der Waals surface area (Å²) in [5.74, 6) is 0.190. The highest BCUT2D eigenvalue weighted by Crippen LogP contribution is 2.21. The summed E-state index contributed by atoms with van der Waals surface area (Å²) in [4.78, 5) is 12.3. The second kappa shape index (κ2) is 5.79. The van der Waals surface area contributed by atoms with Crippen LogP contribution >= 0.6 is 0 Å². The van der Waals surface area contributed by atoms with Crippen molar-refractivity contribution < 1.29 is 9.53 Å². The molecule has 0 saturated carbocycles. The first-order valence-electron chi connectivity index (χ1n) is 7.09. The lowest BCUT2D eigenvalue weighted by Gasteiger charge is -2.22. The van der Waals surface area contributed by atoms with Gasteiger partial charge in [0, 0.05) is 19.1 Å². The van der Waals surface area contributed by atoms with E-state index in [2.05, 4.69) is 15.6 Å². The Balaban J connectivity index is 1.67. The van der Waals surface area contributed by atoms with E-state index in [1.165, 1.54) is 0 Å². The molecule has 3 heterocycles. The van der Waals surface area contributed by atoms with Crippen LogP contribution in [0, 0.1) is 5.92 Å². The van der Waals surface area contributed by atoms with Crippen LogP contribution in [0.1, 0.15) is 42.2 Å². The molecule has 0 amide bonds. The molecule has 0 radical (unpaired) electrons. The van der Waals surface area contributed by atoms with Crippen LogP contribution in [0.25, 0.3) is 0 Å². The standard InChI is InChI=1S/C13H20N4O2/c18-13(10-3-7-19-8-4-10)12-9-17(16-15-12)11-1-5-14-6-2-11/h9-11,14H,1-8H2. The Morgan fingerprint density at radius 2 is 2.00 bits per heavy atom. The Morgan fingerprint density at radius 3 is 2.74 bits per heavy atom. The van der Waals surface area contributed by atoms with Crippen LogP contribution in [0.15, 0.2) is 6.20 Å². The number of ether oxygens (including phenoxy) is 1. The first-order chi connectivity index (χ1) is 9.34. The van der Waals surface area contributed by atoms with Gasteiger partial charge in [-0.2, -0.15) is 0 Å². The average Bonchev–Trinajstić information content (AvgIpc) is 2.98. The molecule has 2 fully saturated rings. The molecule has 104 valence electrons. The number of hydrogen-bond donors (Lipinski definition) is 1. The van der Waals surface area contributed by atoms with Crippen molar-refractivity contribution in [2.75, 3.05) is 26.3 Å². The minimum atomic E-state index is 0.0620. The molecule has 1 aromatic rings. The monoisotopic (exact) mass is 264 g/mol. The number of hydrogen-bond acceptors (Lipinski definition) is 5. The van der Waals surface area contributed by atoms with Gasteiger partial charge in [0.2, 0.25) is 0 Å². The van der Waals surface area contributed by atoms with Crippen molar-refractivity contribution in [1.29, 1.82) is 0 Å². The number of piperidine rings is 1. The molecule has 0 unspecified atom stereocenters. The van der Waals surface area contributed by atoms with Crippen LogP contribution in [-0.2, 0) is 4.74 Å². The van der Waals surface area contributed by atoms with Crippen molar-refractivity contribution >= 4 is 5.78 Å². The number of ketones is 1. The molecule has 0 bridgehead atoms. The van der Waals surface area contributed by atoms with Crippen molar-refractivity contribution in [3.63, 3.8) is 0 Å². The summed E-state index contributed by atoms with van der Waals surface area (Å²) in [6.45, 7) is 3.37. The maximum atomic E-state index is 12.3. The van der Waals surface area contributed by atoms with Crippen LogP contribution in [0.5, 0.6) is 0 Å². The zero-order chi connectivity index (χ0) is 13.1. The summed E-state index contributed by atoms with van der Waals surface area (Å²) in [7, 11) is 0. The van der Waals surface area contributed by atoms with Crippen LogP contribution in [0.2, 0.25) is 0 Å². The zero-order valence-electron chi connectivity index (χ0n) is 11.0. The maximum Gasteiger partial charge on any atom is 0.187 e. The number of nitrogens with zero attached hydrogens (tertiary/aromatic N) is 3. The lowest BCUT2D eigenvalue weighted by Crippen LogP contribution is -2.29. The summed E-state index contributed by atoms with van der Waals surface area (Å²) in [5, 5.41) is 11.5.